The van der Waals surface area contributed by atoms with E-state index in [0.717, 1.165) is 30.7 Å². The number of rotatable bonds is 16. The molecule has 3 rings (SSSR count). The molecule has 3 N–H and O–H groups in total. The number of carbonyl (C=O) groups excluding carboxylic acids is 1. The molecule has 274 valence electrons. The zero-order valence-corrected chi connectivity index (χ0v) is 30.1. The van der Waals surface area contributed by atoms with Crippen LogP contribution in [0.25, 0.3) is 0 Å². The molecule has 1 unspecified atom stereocenters. The zero-order valence-electron chi connectivity index (χ0n) is 30.1. The molecular weight excluding hydrogens is 638 g/mol. The lowest BCUT2D eigenvalue weighted by molar-refractivity contribution is -0.134. The van der Waals surface area contributed by atoms with Crippen molar-refractivity contribution in [2.75, 3.05) is 39.5 Å². The number of aliphatic hydroxyl groups is 1. The fraction of sp³-hybridized carbons (Fsp3) is 0.564. The van der Waals surface area contributed by atoms with E-state index in [-0.39, 0.29) is 56.5 Å². The maximum Gasteiger partial charge on any atom is 0.304 e. The third kappa shape index (κ3) is 11.5. The van der Waals surface area contributed by atoms with Crippen molar-refractivity contribution in [3.63, 3.8) is 0 Å². The molecule has 2 saturated heterocycles. The normalized spacial score (nSPS) is 25.3. The van der Waals surface area contributed by atoms with E-state index in [9.17, 15) is 9.90 Å². The first-order chi connectivity index (χ1) is 23.9. The maximum atomic E-state index is 15.3. The van der Waals surface area contributed by atoms with Crippen molar-refractivity contribution < 1.29 is 23.4 Å². The van der Waals surface area contributed by atoms with Crippen LogP contribution in [-0.2, 0) is 9.53 Å². The largest absolute Gasteiger partial charge is 0.485 e. The number of nitrogens with zero attached hydrogens (tertiary/aromatic N) is 5. The van der Waals surface area contributed by atoms with Gasteiger partial charge >= 0.3 is 5.92 Å². The maximum absolute atomic E-state index is 15.3. The van der Waals surface area contributed by atoms with Crippen molar-refractivity contribution in [2.24, 2.45) is 21.6 Å². The highest BCUT2D eigenvalue weighted by atomic mass is 19.3. The predicted molar refractivity (Wildman–Crippen MR) is 198 cm³/mol. The van der Waals surface area contributed by atoms with Crippen LogP contribution in [0.4, 0.5) is 8.78 Å². The van der Waals surface area contributed by atoms with Gasteiger partial charge in [-0.15, -0.1) is 6.42 Å². The van der Waals surface area contributed by atoms with Crippen LogP contribution in [0.3, 0.4) is 0 Å². The lowest BCUT2D eigenvalue weighted by Gasteiger charge is -2.42. The van der Waals surface area contributed by atoms with Gasteiger partial charge in [0, 0.05) is 57.5 Å². The first kappa shape index (κ1) is 40.4. The van der Waals surface area contributed by atoms with E-state index in [2.05, 4.69) is 47.9 Å². The number of hydrogen-bond donors (Lipinski definition) is 2. The van der Waals surface area contributed by atoms with Crippen molar-refractivity contribution in [2.45, 2.75) is 96.6 Å². The van der Waals surface area contributed by atoms with Crippen LogP contribution in [0.15, 0.2) is 81.4 Å². The number of amides is 1. The molecule has 9 nitrogen and oxygen atoms in total. The second-order valence-electron chi connectivity index (χ2n) is 13.4. The van der Waals surface area contributed by atoms with Gasteiger partial charge in [0.2, 0.25) is 5.91 Å². The Hall–Kier alpha value is -4.01. The summed E-state index contributed by atoms with van der Waals surface area (Å²) in [6, 6.07) is 0.327. The van der Waals surface area contributed by atoms with E-state index >= 15 is 8.78 Å². The Balaban J connectivity index is 1.52. The Morgan fingerprint density at radius 2 is 2.00 bits per heavy atom. The number of aliphatic hydroxyl groups excluding tert-OH is 1. The van der Waals surface area contributed by atoms with Gasteiger partial charge in [-0.1, -0.05) is 44.1 Å². The average Bonchev–Trinajstić information content (AvgIpc) is 3.57. The molecule has 0 radical (unpaired) electrons. The number of likely N-dealkylation sites (tertiary alicyclic amines) is 2. The Kier molecular flexibility index (Phi) is 16.2. The fourth-order valence-electron chi connectivity index (χ4n) is 6.76. The van der Waals surface area contributed by atoms with Gasteiger partial charge in [0.15, 0.2) is 11.6 Å². The molecule has 0 aliphatic carbocycles. The molecule has 0 aromatic carbocycles. The topological polar surface area (TPSA) is 107 Å². The molecule has 0 bridgehead atoms. The van der Waals surface area contributed by atoms with Crippen LogP contribution in [0.2, 0.25) is 0 Å². The molecule has 1 amide bonds. The summed E-state index contributed by atoms with van der Waals surface area (Å²) >= 11 is 0. The van der Waals surface area contributed by atoms with E-state index in [1.807, 2.05) is 41.0 Å². The van der Waals surface area contributed by atoms with Crippen molar-refractivity contribution in [1.29, 1.82) is 0 Å². The number of carbonyl (C=O) groups is 1. The minimum Gasteiger partial charge on any atom is -0.485 e. The highest BCUT2D eigenvalue weighted by Crippen LogP contribution is 2.31. The van der Waals surface area contributed by atoms with Crippen molar-refractivity contribution in [3.8, 4) is 12.3 Å². The van der Waals surface area contributed by atoms with Gasteiger partial charge in [0.25, 0.3) is 0 Å². The van der Waals surface area contributed by atoms with Gasteiger partial charge in [-0.05, 0) is 82.4 Å². The molecular formula is C39H56F2N6O3. The number of halogens is 2. The SMILES string of the molecule is C#C/C=C\C(C)=C(/CN(CO)C1CCN(C(=O)CCCCCC(F)(F)C(N)=N/C2=C(\C(=C)N3CCC[C@H]3C)OC/C=C\C=C/C2)C[C@@H]1C)N=C. The molecule has 0 spiro atoms. The highest BCUT2D eigenvalue weighted by molar-refractivity contribution is 5.88. The van der Waals surface area contributed by atoms with Crippen molar-refractivity contribution in [1.82, 2.24) is 14.7 Å². The predicted octanol–water partition coefficient (Wildman–Crippen LogP) is 6.32. The van der Waals surface area contributed by atoms with E-state index in [0.29, 0.717) is 56.0 Å². The van der Waals surface area contributed by atoms with Gasteiger partial charge in [-0.2, -0.15) is 8.78 Å². The summed E-state index contributed by atoms with van der Waals surface area (Å²) in [7, 11) is 0. The second-order valence-corrected chi connectivity index (χ2v) is 13.4. The number of amidine groups is 1. The first-order valence-electron chi connectivity index (χ1n) is 17.7. The summed E-state index contributed by atoms with van der Waals surface area (Å²) in [6.45, 7) is 16.5. The van der Waals surface area contributed by atoms with Crippen LogP contribution in [-0.4, -0.2) is 95.8 Å². The van der Waals surface area contributed by atoms with Gasteiger partial charge < -0.3 is 25.4 Å². The van der Waals surface area contributed by atoms with Crippen LogP contribution in [0.1, 0.15) is 78.6 Å². The Bertz CT molecular complexity index is 1420. The van der Waals surface area contributed by atoms with E-state index in [4.69, 9.17) is 16.9 Å². The van der Waals surface area contributed by atoms with E-state index in [1.165, 1.54) is 0 Å². The third-order valence-electron chi connectivity index (χ3n) is 9.75. The van der Waals surface area contributed by atoms with Crippen molar-refractivity contribution in [3.05, 3.63) is 71.5 Å². The molecule has 3 heterocycles. The number of aliphatic imine (C=N–C) groups is 2. The Labute approximate surface area is 297 Å². The molecule has 3 aliphatic rings. The Morgan fingerprint density at radius 3 is 2.66 bits per heavy atom. The lowest BCUT2D eigenvalue weighted by Crippen LogP contribution is -2.52. The third-order valence-corrected chi connectivity index (χ3v) is 9.75. The number of terminal acetylenes is 1. The second kappa shape index (κ2) is 20.0. The molecule has 0 aromatic heterocycles. The number of alkyl halides is 2. The van der Waals surface area contributed by atoms with E-state index < -0.39 is 18.2 Å². The number of unbranched alkanes of at least 4 members (excludes halogenated alkanes) is 2. The molecule has 50 heavy (non-hydrogen) atoms. The van der Waals surface area contributed by atoms with Gasteiger partial charge in [0.05, 0.1) is 23.8 Å². The first-order valence-corrected chi connectivity index (χ1v) is 17.7. The quantitative estimate of drug-likeness (QED) is 0.0489. The molecule has 3 aliphatic heterocycles. The van der Waals surface area contributed by atoms with Gasteiger partial charge in [-0.25, -0.2) is 4.99 Å². The average molecular weight is 695 g/mol. The lowest BCUT2D eigenvalue weighted by atomic mass is 9.92. The highest BCUT2D eigenvalue weighted by Gasteiger charge is 2.35. The monoisotopic (exact) mass is 694 g/mol. The summed E-state index contributed by atoms with van der Waals surface area (Å²) in [5.74, 6) is -1.08. The summed E-state index contributed by atoms with van der Waals surface area (Å²) in [5, 5.41) is 10.2. The molecule has 3 atom stereocenters. The fourth-order valence-corrected chi connectivity index (χ4v) is 6.76. The van der Waals surface area contributed by atoms with Gasteiger partial charge in [-0.3, -0.25) is 14.7 Å². The standard InChI is InChI=1S/C39H56F2N6O3/c1-7-8-17-29(2)34(43-6)27-46(28-48)35-21-24-45(26-30(35)3)36(49)20-13-11-14-22-39(40,41)38(42)44-33-19-12-9-10-15-25-50-37(33)32(5)47-23-16-18-31(47)4/h1,8-10,12,15,17,30-31,35,48H,5-6,11,13-14,16,18-28H2,2-4H3,(H2,42,44)/b12-9-,15-10-,17-8-,34-29+,37-33+/t30-,31+,35?/m0/s1. The summed E-state index contributed by atoms with van der Waals surface area (Å²) < 4.78 is 36.6. The Morgan fingerprint density at radius 1 is 1.24 bits per heavy atom. The van der Waals surface area contributed by atoms with Crippen LogP contribution in [0.5, 0.6) is 0 Å². The summed E-state index contributed by atoms with van der Waals surface area (Å²) in [6.07, 6.45) is 20.1. The zero-order chi connectivity index (χ0) is 36.7. The van der Waals surface area contributed by atoms with Crippen molar-refractivity contribution >= 4 is 18.5 Å². The minimum absolute atomic E-state index is 0.0112. The summed E-state index contributed by atoms with van der Waals surface area (Å²) in [4.78, 5) is 27.4. The number of piperidine rings is 1. The van der Waals surface area contributed by atoms with Crippen LogP contribution >= 0.6 is 0 Å². The smallest absolute Gasteiger partial charge is 0.304 e. The number of ether oxygens (including phenoxy) is 1. The number of nitrogens with two attached hydrogens (primary N) is 1. The minimum atomic E-state index is -3.31. The van der Waals surface area contributed by atoms with E-state index in [1.54, 1.807) is 12.2 Å². The van der Waals surface area contributed by atoms with Crippen LogP contribution in [0, 0.1) is 18.3 Å². The molecule has 0 aromatic rings. The van der Waals surface area contributed by atoms with Gasteiger partial charge in [0.1, 0.15) is 6.61 Å². The molecule has 11 heteroatoms. The number of allylic oxidation sites excluding steroid dienone is 6. The molecule has 2 fully saturated rings. The van der Waals surface area contributed by atoms with Crippen LogP contribution < -0.4 is 5.73 Å². The molecule has 0 saturated carbocycles. The summed E-state index contributed by atoms with van der Waals surface area (Å²) in [5.41, 5.74) is 8.54. The number of hydrogen-bond acceptors (Lipinski definition) is 7.